The number of hydrogen-bond acceptors (Lipinski definition) is 4. The van der Waals surface area contributed by atoms with Crippen molar-refractivity contribution in [2.24, 2.45) is 5.92 Å². The van der Waals surface area contributed by atoms with Crippen molar-refractivity contribution in [3.8, 4) is 0 Å². The van der Waals surface area contributed by atoms with Crippen molar-refractivity contribution in [1.29, 1.82) is 0 Å². The lowest BCUT2D eigenvalue weighted by Gasteiger charge is -2.36. The van der Waals surface area contributed by atoms with Gasteiger partial charge in [0.15, 0.2) is 9.84 Å². The SMILES string of the molecule is CS(=O)(=O)c1ccc(N2CCC3NCCC3C2)cc1. The lowest BCUT2D eigenvalue weighted by atomic mass is 9.93. The first-order chi connectivity index (χ1) is 9.04. The number of hydrogen-bond donors (Lipinski definition) is 1. The largest absolute Gasteiger partial charge is 0.371 e. The van der Waals surface area contributed by atoms with Crippen LogP contribution in [-0.4, -0.2) is 40.3 Å². The van der Waals surface area contributed by atoms with Crippen molar-refractivity contribution >= 4 is 15.5 Å². The van der Waals surface area contributed by atoms with E-state index in [1.165, 1.54) is 19.1 Å². The van der Waals surface area contributed by atoms with Gasteiger partial charge >= 0.3 is 0 Å². The Morgan fingerprint density at radius 1 is 1.21 bits per heavy atom. The second kappa shape index (κ2) is 4.80. The molecular formula is C14H20N2O2S. The van der Waals surface area contributed by atoms with E-state index in [9.17, 15) is 8.42 Å². The van der Waals surface area contributed by atoms with Crippen LogP contribution in [0.3, 0.4) is 0 Å². The molecule has 0 saturated carbocycles. The van der Waals surface area contributed by atoms with Gasteiger partial charge in [-0.1, -0.05) is 0 Å². The number of piperidine rings is 1. The van der Waals surface area contributed by atoms with Crippen LogP contribution in [0.2, 0.25) is 0 Å². The van der Waals surface area contributed by atoms with E-state index in [0.29, 0.717) is 10.9 Å². The second-order valence-electron chi connectivity index (χ2n) is 5.61. The molecule has 1 aromatic carbocycles. The predicted molar refractivity (Wildman–Crippen MR) is 76.3 cm³/mol. The third-order valence-corrected chi connectivity index (χ3v) is 5.41. The van der Waals surface area contributed by atoms with Gasteiger partial charge in [-0.05, 0) is 49.6 Å². The molecule has 2 aliphatic rings. The number of rotatable bonds is 2. The van der Waals surface area contributed by atoms with E-state index in [1.807, 2.05) is 12.1 Å². The van der Waals surface area contributed by atoms with E-state index in [2.05, 4.69) is 10.2 Å². The number of nitrogens with one attached hydrogen (secondary N) is 1. The molecule has 2 unspecified atom stereocenters. The Morgan fingerprint density at radius 2 is 1.95 bits per heavy atom. The molecule has 0 amide bonds. The van der Waals surface area contributed by atoms with Crippen molar-refractivity contribution < 1.29 is 8.42 Å². The van der Waals surface area contributed by atoms with Gasteiger partial charge in [0.2, 0.25) is 0 Å². The van der Waals surface area contributed by atoms with Crippen LogP contribution in [0.15, 0.2) is 29.2 Å². The van der Waals surface area contributed by atoms with E-state index in [0.717, 1.165) is 31.2 Å². The first kappa shape index (κ1) is 12.9. The van der Waals surface area contributed by atoms with Crippen LogP contribution in [-0.2, 0) is 9.84 Å². The summed E-state index contributed by atoms with van der Waals surface area (Å²) in [6.45, 7) is 3.26. The minimum absolute atomic E-state index is 0.397. The highest BCUT2D eigenvalue weighted by Gasteiger charge is 2.32. The van der Waals surface area contributed by atoms with Crippen molar-refractivity contribution in [3.63, 3.8) is 0 Å². The molecule has 0 spiro atoms. The summed E-state index contributed by atoms with van der Waals surface area (Å²) in [5.74, 6) is 0.739. The normalized spacial score (nSPS) is 27.3. The highest BCUT2D eigenvalue weighted by atomic mass is 32.2. The van der Waals surface area contributed by atoms with Gasteiger partial charge in [-0.2, -0.15) is 0 Å². The summed E-state index contributed by atoms with van der Waals surface area (Å²) in [5, 5.41) is 3.55. The number of anilines is 1. The predicted octanol–water partition coefficient (Wildman–Crippen LogP) is 1.28. The molecule has 0 bridgehead atoms. The van der Waals surface area contributed by atoms with Gasteiger partial charge in [0.05, 0.1) is 4.90 Å². The first-order valence-corrected chi connectivity index (χ1v) is 8.71. The van der Waals surface area contributed by atoms with Crippen LogP contribution < -0.4 is 10.2 Å². The fraction of sp³-hybridized carbons (Fsp3) is 0.571. The van der Waals surface area contributed by atoms with E-state index in [1.54, 1.807) is 12.1 Å². The number of benzene rings is 1. The maximum absolute atomic E-state index is 11.4. The fourth-order valence-electron chi connectivity index (χ4n) is 3.19. The van der Waals surface area contributed by atoms with Crippen LogP contribution in [0.5, 0.6) is 0 Å². The van der Waals surface area contributed by atoms with E-state index < -0.39 is 9.84 Å². The lowest BCUT2D eigenvalue weighted by Crippen LogP contribution is -2.44. The van der Waals surface area contributed by atoms with Gasteiger partial charge < -0.3 is 10.2 Å². The van der Waals surface area contributed by atoms with Gasteiger partial charge in [-0.15, -0.1) is 0 Å². The zero-order valence-electron chi connectivity index (χ0n) is 11.2. The van der Waals surface area contributed by atoms with Gasteiger partial charge in [-0.3, -0.25) is 0 Å². The molecule has 2 atom stereocenters. The zero-order chi connectivity index (χ0) is 13.5. The summed E-state index contributed by atoms with van der Waals surface area (Å²) >= 11 is 0. The molecule has 4 nitrogen and oxygen atoms in total. The molecule has 0 aromatic heterocycles. The minimum Gasteiger partial charge on any atom is -0.371 e. The number of nitrogens with zero attached hydrogens (tertiary/aromatic N) is 1. The molecule has 1 aromatic rings. The first-order valence-electron chi connectivity index (χ1n) is 6.82. The topological polar surface area (TPSA) is 49.4 Å². The molecular weight excluding hydrogens is 260 g/mol. The summed E-state index contributed by atoms with van der Waals surface area (Å²) < 4.78 is 22.9. The maximum atomic E-state index is 11.4. The van der Waals surface area contributed by atoms with E-state index >= 15 is 0 Å². The number of sulfone groups is 1. The third kappa shape index (κ3) is 2.62. The molecule has 5 heteroatoms. The van der Waals surface area contributed by atoms with E-state index in [-0.39, 0.29) is 0 Å². The molecule has 19 heavy (non-hydrogen) atoms. The molecule has 2 fully saturated rings. The lowest BCUT2D eigenvalue weighted by molar-refractivity contribution is 0.376. The Labute approximate surface area is 114 Å². The summed E-state index contributed by atoms with van der Waals surface area (Å²) in [6.07, 6.45) is 3.68. The quantitative estimate of drug-likeness (QED) is 0.886. The average Bonchev–Trinajstić information content (AvgIpc) is 2.85. The van der Waals surface area contributed by atoms with Crippen molar-refractivity contribution in [2.75, 3.05) is 30.8 Å². The monoisotopic (exact) mass is 280 g/mol. The summed E-state index contributed by atoms with van der Waals surface area (Å²) in [4.78, 5) is 2.77. The van der Waals surface area contributed by atoms with Crippen molar-refractivity contribution in [1.82, 2.24) is 5.32 Å². The molecule has 2 heterocycles. The van der Waals surface area contributed by atoms with Gasteiger partial charge in [0.25, 0.3) is 0 Å². The molecule has 104 valence electrons. The Balaban J connectivity index is 1.76. The molecule has 2 saturated heterocycles. The van der Waals surface area contributed by atoms with Gasteiger partial charge in [0, 0.05) is 31.1 Å². The molecule has 0 aliphatic carbocycles. The van der Waals surface area contributed by atoms with E-state index in [4.69, 9.17) is 0 Å². The summed E-state index contributed by atoms with van der Waals surface area (Å²) in [7, 11) is -3.09. The highest BCUT2D eigenvalue weighted by Crippen LogP contribution is 2.28. The van der Waals surface area contributed by atoms with Gasteiger partial charge in [-0.25, -0.2) is 8.42 Å². The second-order valence-corrected chi connectivity index (χ2v) is 7.63. The maximum Gasteiger partial charge on any atom is 0.175 e. The molecule has 2 aliphatic heterocycles. The summed E-state index contributed by atoms with van der Waals surface area (Å²) in [6, 6.07) is 7.97. The zero-order valence-corrected chi connectivity index (χ0v) is 12.0. The Hall–Kier alpha value is -1.07. The van der Waals surface area contributed by atoms with Gasteiger partial charge in [0.1, 0.15) is 0 Å². The molecule has 0 radical (unpaired) electrons. The number of fused-ring (bicyclic) bond motifs is 1. The average molecular weight is 280 g/mol. The standard InChI is InChI=1S/C14H20N2O2S/c1-19(17,18)13-4-2-12(3-5-13)16-9-7-14-11(10-16)6-8-15-14/h2-5,11,14-15H,6-10H2,1H3. The fourth-order valence-corrected chi connectivity index (χ4v) is 3.82. The van der Waals surface area contributed by atoms with Crippen LogP contribution in [0.4, 0.5) is 5.69 Å². The van der Waals surface area contributed by atoms with Crippen LogP contribution >= 0.6 is 0 Å². The third-order valence-electron chi connectivity index (χ3n) is 4.29. The molecule has 1 N–H and O–H groups in total. The van der Waals surface area contributed by atoms with Crippen LogP contribution in [0, 0.1) is 5.92 Å². The van der Waals surface area contributed by atoms with Crippen molar-refractivity contribution in [3.05, 3.63) is 24.3 Å². The minimum atomic E-state index is -3.09. The highest BCUT2D eigenvalue weighted by molar-refractivity contribution is 7.90. The smallest absolute Gasteiger partial charge is 0.175 e. The van der Waals surface area contributed by atoms with Crippen LogP contribution in [0.25, 0.3) is 0 Å². The Kier molecular flexibility index (Phi) is 3.27. The van der Waals surface area contributed by atoms with Crippen molar-refractivity contribution in [2.45, 2.75) is 23.8 Å². The Bertz CT molecular complexity index is 553. The summed E-state index contributed by atoms with van der Waals surface area (Å²) in [5.41, 5.74) is 1.14. The Morgan fingerprint density at radius 3 is 2.63 bits per heavy atom. The van der Waals surface area contributed by atoms with Crippen LogP contribution in [0.1, 0.15) is 12.8 Å². The molecule has 3 rings (SSSR count).